The first-order chi connectivity index (χ1) is 9.83. The molecule has 0 aliphatic heterocycles. The van der Waals surface area contributed by atoms with Crippen molar-refractivity contribution in [2.24, 2.45) is 5.92 Å². The quantitative estimate of drug-likeness (QED) is 0.674. The lowest BCUT2D eigenvalue weighted by Crippen LogP contribution is -2.49. The van der Waals surface area contributed by atoms with E-state index in [-0.39, 0.29) is 6.42 Å². The van der Waals surface area contributed by atoms with Crippen LogP contribution in [0.4, 0.5) is 0 Å². The van der Waals surface area contributed by atoms with Crippen molar-refractivity contribution >= 4 is 22.0 Å². The van der Waals surface area contributed by atoms with E-state index in [1.165, 1.54) is 7.11 Å². The number of hydrogen-bond donors (Lipinski definition) is 2. The highest BCUT2D eigenvalue weighted by molar-refractivity contribution is 7.90. The molecule has 0 aromatic rings. The van der Waals surface area contributed by atoms with E-state index in [0.717, 1.165) is 6.42 Å². The van der Waals surface area contributed by atoms with Crippen LogP contribution in [0, 0.1) is 5.92 Å². The molecule has 1 aliphatic carbocycles. The number of nitrogens with one attached hydrogen (secondary N) is 1. The zero-order valence-electron chi connectivity index (χ0n) is 12.4. The lowest BCUT2D eigenvalue weighted by molar-refractivity contribution is -0.146. The largest absolute Gasteiger partial charge is 0.480 e. The number of hydrogen-bond acceptors (Lipinski definition) is 5. The number of carbonyl (C=O) groups is 2. The molecule has 1 fully saturated rings. The second kappa shape index (κ2) is 7.74. The lowest BCUT2D eigenvalue weighted by Gasteiger charge is -2.30. The molecule has 0 amide bonds. The van der Waals surface area contributed by atoms with Crippen LogP contribution in [0.15, 0.2) is 0 Å². The Kier molecular flexibility index (Phi) is 6.60. The van der Waals surface area contributed by atoms with Crippen LogP contribution in [0.5, 0.6) is 0 Å². The summed E-state index contributed by atoms with van der Waals surface area (Å²) >= 11 is 0. The Morgan fingerprint density at radius 3 is 2.48 bits per heavy atom. The van der Waals surface area contributed by atoms with Gasteiger partial charge in [0.25, 0.3) is 0 Å². The summed E-state index contributed by atoms with van der Waals surface area (Å²) in [6.07, 6.45) is 3.01. The molecule has 1 rings (SSSR count). The first-order valence-corrected chi connectivity index (χ1v) is 8.69. The van der Waals surface area contributed by atoms with Crippen molar-refractivity contribution in [3.05, 3.63) is 0 Å². The second-order valence-corrected chi connectivity index (χ2v) is 7.23. The number of carboxylic acid groups (broad SMARTS) is 1. The number of rotatable bonds is 7. The van der Waals surface area contributed by atoms with Gasteiger partial charge in [-0.05, 0) is 19.3 Å². The number of esters is 1. The van der Waals surface area contributed by atoms with Gasteiger partial charge in [0.15, 0.2) is 0 Å². The fourth-order valence-electron chi connectivity index (χ4n) is 2.70. The van der Waals surface area contributed by atoms with Crippen LogP contribution in [0.1, 0.15) is 45.4 Å². The van der Waals surface area contributed by atoms with Gasteiger partial charge in [-0.1, -0.05) is 26.2 Å². The zero-order chi connectivity index (χ0) is 16.0. The molecule has 1 aliphatic rings. The molecule has 21 heavy (non-hydrogen) atoms. The summed E-state index contributed by atoms with van der Waals surface area (Å²) in [4.78, 5) is 22.8. The van der Waals surface area contributed by atoms with E-state index in [1.807, 2.05) is 0 Å². The molecule has 3 atom stereocenters. The van der Waals surface area contributed by atoms with Gasteiger partial charge in [0.05, 0.1) is 18.3 Å². The van der Waals surface area contributed by atoms with Crippen molar-refractivity contribution in [3.8, 4) is 0 Å². The second-order valence-electron chi connectivity index (χ2n) is 5.29. The minimum Gasteiger partial charge on any atom is -0.480 e. The van der Waals surface area contributed by atoms with Crippen molar-refractivity contribution < 1.29 is 27.9 Å². The molecule has 0 aromatic heterocycles. The van der Waals surface area contributed by atoms with Crippen LogP contribution in [0.2, 0.25) is 0 Å². The topological polar surface area (TPSA) is 110 Å². The number of aliphatic carboxylic acids is 1. The highest BCUT2D eigenvalue weighted by Gasteiger charge is 2.41. The smallest absolute Gasteiger partial charge is 0.321 e. The van der Waals surface area contributed by atoms with Crippen LogP contribution in [-0.4, -0.2) is 43.9 Å². The van der Waals surface area contributed by atoms with Crippen LogP contribution >= 0.6 is 0 Å². The summed E-state index contributed by atoms with van der Waals surface area (Å²) in [5.41, 5.74) is 0. The Labute approximate surface area is 125 Å². The van der Waals surface area contributed by atoms with Crippen molar-refractivity contribution in [1.82, 2.24) is 4.72 Å². The standard InChI is InChI=1S/C13H23NO6S/c1-3-6-10(12(15)16)14-21(18,19)11-8-5-4-7-9(11)13(17)20-2/h9-11,14H,3-8H2,1-2H3,(H,15,16). The predicted octanol–water partition coefficient (Wildman–Crippen LogP) is 0.891. The van der Waals surface area contributed by atoms with Crippen molar-refractivity contribution in [2.45, 2.75) is 56.7 Å². The van der Waals surface area contributed by atoms with E-state index in [2.05, 4.69) is 9.46 Å². The van der Waals surface area contributed by atoms with Gasteiger partial charge in [0.1, 0.15) is 6.04 Å². The first-order valence-electron chi connectivity index (χ1n) is 7.15. The van der Waals surface area contributed by atoms with E-state index in [0.29, 0.717) is 25.7 Å². The van der Waals surface area contributed by atoms with Crippen LogP contribution < -0.4 is 4.72 Å². The molecule has 0 bridgehead atoms. The molecule has 0 radical (unpaired) electrons. The van der Waals surface area contributed by atoms with Crippen LogP contribution in [0.3, 0.4) is 0 Å². The molecule has 8 heteroatoms. The third-order valence-corrected chi connectivity index (χ3v) is 5.76. The van der Waals surface area contributed by atoms with E-state index in [1.54, 1.807) is 6.92 Å². The number of sulfonamides is 1. The molecule has 122 valence electrons. The van der Waals surface area contributed by atoms with Gasteiger partial charge in [-0.2, -0.15) is 0 Å². The highest BCUT2D eigenvalue weighted by atomic mass is 32.2. The molecular weight excluding hydrogens is 298 g/mol. The van der Waals surface area contributed by atoms with Gasteiger partial charge in [-0.3, -0.25) is 9.59 Å². The minimum atomic E-state index is -3.89. The summed E-state index contributed by atoms with van der Waals surface area (Å²) in [5.74, 6) is -2.48. The molecular formula is C13H23NO6S. The minimum absolute atomic E-state index is 0.212. The van der Waals surface area contributed by atoms with Crippen molar-refractivity contribution in [2.75, 3.05) is 7.11 Å². The molecule has 1 saturated carbocycles. The highest BCUT2D eigenvalue weighted by Crippen LogP contribution is 2.30. The molecule has 0 aromatic carbocycles. The van der Waals surface area contributed by atoms with Gasteiger partial charge in [0, 0.05) is 0 Å². The summed E-state index contributed by atoms with van der Waals surface area (Å²) in [6.45, 7) is 1.78. The lowest BCUT2D eigenvalue weighted by atomic mass is 9.89. The summed E-state index contributed by atoms with van der Waals surface area (Å²) in [5, 5.41) is 8.15. The molecule has 0 heterocycles. The molecule has 2 N–H and O–H groups in total. The Hall–Kier alpha value is -1.15. The Balaban J connectivity index is 2.92. The fourth-order valence-corrected chi connectivity index (χ4v) is 4.64. The van der Waals surface area contributed by atoms with Crippen molar-refractivity contribution in [1.29, 1.82) is 0 Å². The van der Waals surface area contributed by atoms with Gasteiger partial charge in [-0.25, -0.2) is 13.1 Å². The van der Waals surface area contributed by atoms with Gasteiger partial charge < -0.3 is 9.84 Å². The normalized spacial score (nSPS) is 24.3. The fraction of sp³-hybridized carbons (Fsp3) is 0.846. The SMILES string of the molecule is CCCC(NS(=O)(=O)C1CCCCC1C(=O)OC)C(=O)O. The average molecular weight is 321 g/mol. The monoisotopic (exact) mass is 321 g/mol. The van der Waals surface area contributed by atoms with Crippen molar-refractivity contribution in [3.63, 3.8) is 0 Å². The maximum Gasteiger partial charge on any atom is 0.321 e. The maximum absolute atomic E-state index is 12.4. The summed E-state index contributed by atoms with van der Waals surface area (Å²) in [6, 6.07) is -1.15. The Bertz CT molecular complexity index is 475. The van der Waals surface area contributed by atoms with E-state index in [4.69, 9.17) is 5.11 Å². The number of ether oxygens (including phenoxy) is 1. The first kappa shape index (κ1) is 17.9. The van der Waals surface area contributed by atoms with E-state index < -0.39 is 39.2 Å². The van der Waals surface area contributed by atoms with Gasteiger partial charge >= 0.3 is 11.9 Å². The molecule has 7 nitrogen and oxygen atoms in total. The summed E-state index contributed by atoms with van der Waals surface area (Å²) in [7, 11) is -2.66. The number of carbonyl (C=O) groups excluding carboxylic acids is 1. The molecule has 0 spiro atoms. The Morgan fingerprint density at radius 2 is 1.95 bits per heavy atom. The van der Waals surface area contributed by atoms with Crippen LogP contribution in [-0.2, 0) is 24.3 Å². The number of methoxy groups -OCH3 is 1. The number of carboxylic acids is 1. The Morgan fingerprint density at radius 1 is 1.33 bits per heavy atom. The molecule has 0 saturated heterocycles. The maximum atomic E-state index is 12.4. The third kappa shape index (κ3) is 4.67. The van der Waals surface area contributed by atoms with Crippen LogP contribution in [0.25, 0.3) is 0 Å². The van der Waals surface area contributed by atoms with E-state index in [9.17, 15) is 18.0 Å². The van der Waals surface area contributed by atoms with Gasteiger partial charge in [0.2, 0.25) is 10.0 Å². The van der Waals surface area contributed by atoms with E-state index >= 15 is 0 Å². The molecule has 3 unspecified atom stereocenters. The zero-order valence-corrected chi connectivity index (χ0v) is 13.2. The summed E-state index contributed by atoms with van der Waals surface area (Å²) < 4.78 is 31.8. The third-order valence-electron chi connectivity index (χ3n) is 3.79. The van der Waals surface area contributed by atoms with Gasteiger partial charge in [-0.15, -0.1) is 0 Å². The predicted molar refractivity (Wildman–Crippen MR) is 76.1 cm³/mol. The average Bonchev–Trinajstić information content (AvgIpc) is 2.45.